The van der Waals surface area contributed by atoms with Gasteiger partial charge in [-0.05, 0) is 49.0 Å². The van der Waals surface area contributed by atoms with E-state index in [2.05, 4.69) is 11.8 Å². The van der Waals surface area contributed by atoms with E-state index in [-0.39, 0.29) is 0 Å². The highest BCUT2D eigenvalue weighted by Crippen LogP contribution is 2.29. The lowest BCUT2D eigenvalue weighted by molar-refractivity contribution is -0.131. The zero-order valence-electron chi connectivity index (χ0n) is 11.7. The van der Waals surface area contributed by atoms with E-state index < -0.39 is 5.97 Å². The summed E-state index contributed by atoms with van der Waals surface area (Å²) in [5.41, 5.74) is 1.94. The molecule has 1 aliphatic heterocycles. The highest BCUT2D eigenvalue weighted by molar-refractivity contribution is 6.31. The number of carboxylic acid groups (broad SMARTS) is 1. The third-order valence-electron chi connectivity index (χ3n) is 3.76. The van der Waals surface area contributed by atoms with Gasteiger partial charge < -0.3 is 10.0 Å². The van der Waals surface area contributed by atoms with Gasteiger partial charge in [0.2, 0.25) is 0 Å². The second-order valence-corrected chi connectivity index (χ2v) is 5.83. The summed E-state index contributed by atoms with van der Waals surface area (Å²) < 4.78 is 0. The number of aliphatic carboxylic acids is 1. The van der Waals surface area contributed by atoms with Crippen LogP contribution in [0.1, 0.15) is 31.7 Å². The Labute approximate surface area is 124 Å². The Balaban J connectivity index is 2.28. The molecule has 0 radical (unpaired) electrons. The predicted octanol–water partition coefficient (Wildman–Crippen LogP) is 4.06. The van der Waals surface area contributed by atoms with Gasteiger partial charge in [0.1, 0.15) is 0 Å². The summed E-state index contributed by atoms with van der Waals surface area (Å²) in [5.74, 6) is -0.187. The Kier molecular flexibility index (Phi) is 5.07. The van der Waals surface area contributed by atoms with Gasteiger partial charge in [-0.15, -0.1) is 0 Å². The van der Waals surface area contributed by atoms with Crippen molar-refractivity contribution in [2.45, 2.75) is 26.2 Å². The molecule has 1 N–H and O–H groups in total. The Morgan fingerprint density at radius 3 is 2.95 bits per heavy atom. The summed E-state index contributed by atoms with van der Waals surface area (Å²) in [7, 11) is 0. The molecule has 1 atom stereocenters. The minimum atomic E-state index is -0.935. The van der Waals surface area contributed by atoms with Gasteiger partial charge in [0, 0.05) is 29.9 Å². The molecule has 1 heterocycles. The van der Waals surface area contributed by atoms with E-state index in [1.54, 1.807) is 12.1 Å². The van der Waals surface area contributed by atoms with E-state index in [9.17, 15) is 4.79 Å². The summed E-state index contributed by atoms with van der Waals surface area (Å²) in [5, 5.41) is 9.47. The summed E-state index contributed by atoms with van der Waals surface area (Å²) in [6, 6.07) is 5.61. The highest BCUT2D eigenvalue weighted by atomic mass is 35.5. The molecule has 1 aliphatic rings. The molecule has 2 rings (SSSR count). The zero-order valence-corrected chi connectivity index (χ0v) is 12.4. The van der Waals surface area contributed by atoms with Gasteiger partial charge >= 0.3 is 5.97 Å². The van der Waals surface area contributed by atoms with E-state index in [0.717, 1.165) is 43.1 Å². The van der Waals surface area contributed by atoms with Crippen LogP contribution in [0.5, 0.6) is 0 Å². The monoisotopic (exact) mass is 293 g/mol. The summed E-state index contributed by atoms with van der Waals surface area (Å²) in [6.45, 7) is 4.28. The maximum absolute atomic E-state index is 10.7. The predicted molar refractivity (Wildman–Crippen MR) is 83.3 cm³/mol. The molecule has 0 saturated carbocycles. The van der Waals surface area contributed by atoms with Gasteiger partial charge in [0.05, 0.1) is 0 Å². The number of anilines is 1. The third kappa shape index (κ3) is 4.01. The first kappa shape index (κ1) is 14.9. The average Bonchev–Trinajstić information content (AvgIpc) is 2.62. The van der Waals surface area contributed by atoms with Crippen LogP contribution in [0.15, 0.2) is 24.3 Å². The molecule has 1 unspecified atom stereocenters. The van der Waals surface area contributed by atoms with Gasteiger partial charge in [-0.25, -0.2) is 4.79 Å². The Hall–Kier alpha value is -1.48. The van der Waals surface area contributed by atoms with Crippen LogP contribution in [-0.4, -0.2) is 24.2 Å². The fourth-order valence-electron chi connectivity index (χ4n) is 2.60. The Morgan fingerprint density at radius 1 is 1.40 bits per heavy atom. The molecule has 108 valence electrons. The quantitative estimate of drug-likeness (QED) is 0.854. The van der Waals surface area contributed by atoms with Crippen LogP contribution in [-0.2, 0) is 4.79 Å². The second kappa shape index (κ2) is 6.80. The van der Waals surface area contributed by atoms with Crippen molar-refractivity contribution in [2.75, 3.05) is 18.0 Å². The number of halogens is 1. The molecule has 0 aromatic heterocycles. The van der Waals surface area contributed by atoms with Gasteiger partial charge in [0.15, 0.2) is 0 Å². The van der Waals surface area contributed by atoms with Crippen molar-refractivity contribution in [1.29, 1.82) is 0 Å². The van der Waals surface area contributed by atoms with Crippen LogP contribution < -0.4 is 4.90 Å². The summed E-state index contributed by atoms with van der Waals surface area (Å²) in [4.78, 5) is 13.0. The molecule has 0 aliphatic carbocycles. The number of benzene rings is 1. The molecule has 4 heteroatoms. The normalized spacial score (nSPS) is 20.1. The van der Waals surface area contributed by atoms with Crippen molar-refractivity contribution in [3.8, 4) is 0 Å². The molecule has 3 nitrogen and oxygen atoms in total. The van der Waals surface area contributed by atoms with Crippen LogP contribution in [0, 0.1) is 5.92 Å². The van der Waals surface area contributed by atoms with Gasteiger partial charge in [-0.2, -0.15) is 0 Å². The topological polar surface area (TPSA) is 40.5 Å². The van der Waals surface area contributed by atoms with Crippen LogP contribution in [0.4, 0.5) is 5.69 Å². The van der Waals surface area contributed by atoms with Crippen molar-refractivity contribution in [2.24, 2.45) is 5.92 Å². The lowest BCUT2D eigenvalue weighted by Crippen LogP contribution is -2.24. The standard InChI is InChI=1S/C16H20ClNO2/c1-12-3-2-9-18(10-8-12)15-11-14(17)6-4-13(15)5-7-16(19)20/h4-7,11-12H,2-3,8-10H2,1H3,(H,19,20)/b7-5+. The van der Waals surface area contributed by atoms with Crippen LogP contribution >= 0.6 is 11.6 Å². The molecule has 0 bridgehead atoms. The van der Waals surface area contributed by atoms with Crippen molar-refractivity contribution < 1.29 is 9.90 Å². The first-order valence-electron chi connectivity index (χ1n) is 7.02. The molecule has 1 fully saturated rings. The van der Waals surface area contributed by atoms with Crippen molar-refractivity contribution >= 4 is 29.3 Å². The van der Waals surface area contributed by atoms with E-state index in [0.29, 0.717) is 5.02 Å². The number of rotatable bonds is 3. The highest BCUT2D eigenvalue weighted by Gasteiger charge is 2.16. The minimum absolute atomic E-state index is 0.685. The second-order valence-electron chi connectivity index (χ2n) is 5.40. The van der Waals surface area contributed by atoms with Crippen molar-refractivity contribution in [1.82, 2.24) is 0 Å². The SMILES string of the molecule is CC1CCCN(c2cc(Cl)ccc2/C=C/C(=O)O)CC1. The molecule has 0 amide bonds. The van der Waals surface area contributed by atoms with E-state index in [1.165, 1.54) is 12.5 Å². The number of nitrogens with zero attached hydrogens (tertiary/aromatic N) is 1. The lowest BCUT2D eigenvalue weighted by Gasteiger charge is -2.25. The lowest BCUT2D eigenvalue weighted by atomic mass is 10.0. The van der Waals surface area contributed by atoms with Crippen molar-refractivity contribution in [3.05, 3.63) is 34.9 Å². The fraction of sp³-hybridized carbons (Fsp3) is 0.438. The molecule has 1 saturated heterocycles. The maximum Gasteiger partial charge on any atom is 0.328 e. The minimum Gasteiger partial charge on any atom is -0.478 e. The molecule has 1 aromatic rings. The van der Waals surface area contributed by atoms with Crippen LogP contribution in [0.25, 0.3) is 6.08 Å². The average molecular weight is 294 g/mol. The summed E-state index contributed by atoms with van der Waals surface area (Å²) in [6.07, 6.45) is 6.39. The molecule has 1 aromatic carbocycles. The molecule has 20 heavy (non-hydrogen) atoms. The molecule has 0 spiro atoms. The van der Waals surface area contributed by atoms with Gasteiger partial charge in [-0.3, -0.25) is 0 Å². The van der Waals surface area contributed by atoms with E-state index in [4.69, 9.17) is 16.7 Å². The number of carboxylic acids is 1. The summed E-state index contributed by atoms with van der Waals surface area (Å²) >= 11 is 6.10. The van der Waals surface area contributed by atoms with Gasteiger partial charge in [-0.1, -0.05) is 24.6 Å². The molecular weight excluding hydrogens is 274 g/mol. The third-order valence-corrected chi connectivity index (χ3v) is 3.99. The molecular formula is C16H20ClNO2. The number of hydrogen-bond acceptors (Lipinski definition) is 2. The van der Waals surface area contributed by atoms with Crippen LogP contribution in [0.2, 0.25) is 5.02 Å². The maximum atomic E-state index is 10.7. The largest absolute Gasteiger partial charge is 0.478 e. The van der Waals surface area contributed by atoms with Crippen LogP contribution in [0.3, 0.4) is 0 Å². The number of carbonyl (C=O) groups is 1. The van der Waals surface area contributed by atoms with E-state index in [1.807, 2.05) is 12.1 Å². The fourth-order valence-corrected chi connectivity index (χ4v) is 2.76. The van der Waals surface area contributed by atoms with Crippen molar-refractivity contribution in [3.63, 3.8) is 0 Å². The van der Waals surface area contributed by atoms with Gasteiger partial charge in [0.25, 0.3) is 0 Å². The zero-order chi connectivity index (χ0) is 14.5. The van der Waals surface area contributed by atoms with E-state index >= 15 is 0 Å². The number of hydrogen-bond donors (Lipinski definition) is 1. The first-order chi connectivity index (χ1) is 9.56. The Bertz CT molecular complexity index is 513. The smallest absolute Gasteiger partial charge is 0.328 e. The first-order valence-corrected chi connectivity index (χ1v) is 7.39. The Morgan fingerprint density at radius 2 is 2.20 bits per heavy atom.